The molecule has 4 heterocycles. The maximum atomic E-state index is 14.7. The van der Waals surface area contributed by atoms with Crippen molar-refractivity contribution in [2.24, 2.45) is 0 Å². The summed E-state index contributed by atoms with van der Waals surface area (Å²) in [5.41, 5.74) is 7.00. The Morgan fingerprint density at radius 3 is 2.67 bits per heavy atom. The molecule has 0 atom stereocenters. The quantitative estimate of drug-likeness (QED) is 0.379. The van der Waals surface area contributed by atoms with Crippen molar-refractivity contribution in [2.45, 2.75) is 0 Å². The molecule has 1 aromatic carbocycles. The lowest BCUT2D eigenvalue weighted by Gasteiger charge is -2.32. The molecule has 0 bridgehead atoms. The molecular weight excluding hydrogens is 493 g/mol. The summed E-state index contributed by atoms with van der Waals surface area (Å²) >= 11 is 0. The fourth-order valence-electron chi connectivity index (χ4n) is 3.98. The maximum absolute atomic E-state index is 14.7. The van der Waals surface area contributed by atoms with E-state index < -0.39 is 5.82 Å². The lowest BCUT2D eigenvalue weighted by molar-refractivity contribution is 0.306. The van der Waals surface area contributed by atoms with Crippen molar-refractivity contribution < 1.29 is 13.9 Å². The molecule has 4 aromatic rings. The zero-order valence-corrected chi connectivity index (χ0v) is 19.4. The van der Waals surface area contributed by atoms with Crippen molar-refractivity contribution in [3.63, 3.8) is 0 Å². The van der Waals surface area contributed by atoms with Crippen LogP contribution in [0.1, 0.15) is 5.56 Å². The number of hydrogen-bond donors (Lipinski definition) is 3. The van der Waals surface area contributed by atoms with Crippen LogP contribution in [0.5, 0.6) is 5.75 Å². The third-order valence-electron chi connectivity index (χ3n) is 5.70. The van der Waals surface area contributed by atoms with Gasteiger partial charge in [0.05, 0.1) is 22.2 Å². The second kappa shape index (κ2) is 8.73. The number of hydrogen-bond acceptors (Lipinski definition) is 8. The minimum Gasteiger partial charge on any atom is -0.508 e. The van der Waals surface area contributed by atoms with E-state index in [-0.39, 0.29) is 51.0 Å². The molecule has 0 saturated carbocycles. The third kappa shape index (κ3) is 3.88. The van der Waals surface area contributed by atoms with Crippen molar-refractivity contribution in [3.05, 3.63) is 41.7 Å². The molecule has 0 aliphatic carbocycles. The van der Waals surface area contributed by atoms with Gasteiger partial charge in [-0.1, -0.05) is 0 Å². The highest BCUT2D eigenvalue weighted by Crippen LogP contribution is 2.40. The fourth-order valence-corrected chi connectivity index (χ4v) is 3.98. The average Bonchev–Trinajstić information content (AvgIpc) is 3.40. The first kappa shape index (κ1) is 22.6. The topological polar surface area (TPSA) is 131 Å². The molecule has 5 rings (SSSR count). The van der Waals surface area contributed by atoms with Gasteiger partial charge >= 0.3 is 0 Å². The highest BCUT2D eigenvalue weighted by molar-refractivity contribution is 8.93. The second-order valence-corrected chi connectivity index (χ2v) is 7.75. The van der Waals surface area contributed by atoms with Crippen molar-refractivity contribution in [1.82, 2.24) is 20.1 Å². The number of pyridine rings is 1. The Kier molecular flexibility index (Phi) is 5.97. The van der Waals surface area contributed by atoms with E-state index in [9.17, 15) is 14.8 Å². The Morgan fingerprint density at radius 2 is 1.97 bits per heavy atom. The number of aromatic amines is 1. The van der Waals surface area contributed by atoms with Gasteiger partial charge < -0.3 is 25.1 Å². The summed E-state index contributed by atoms with van der Waals surface area (Å²) in [6.45, 7) is 3.46. The molecule has 9 nitrogen and oxygen atoms in total. The van der Waals surface area contributed by atoms with Crippen molar-refractivity contribution >= 4 is 39.7 Å². The summed E-state index contributed by atoms with van der Waals surface area (Å²) in [4.78, 5) is 8.77. The number of nitriles is 1. The van der Waals surface area contributed by atoms with Gasteiger partial charge in [0.1, 0.15) is 29.2 Å². The first-order chi connectivity index (χ1) is 15.5. The molecule has 33 heavy (non-hydrogen) atoms. The first-order valence-electron chi connectivity index (χ1n) is 10.1. The Bertz CT molecular complexity index is 1370. The van der Waals surface area contributed by atoms with Crippen LogP contribution in [0.2, 0.25) is 0 Å². The molecule has 1 fully saturated rings. The Hall–Kier alpha value is -3.62. The normalized spacial score (nSPS) is 14.3. The third-order valence-corrected chi connectivity index (χ3v) is 5.70. The number of aromatic nitrogens is 3. The molecule has 1 aliphatic rings. The number of nitrogens with zero attached hydrogens (tertiary/aromatic N) is 5. The Labute approximate surface area is 199 Å². The number of furan rings is 1. The van der Waals surface area contributed by atoms with Gasteiger partial charge in [0.2, 0.25) is 0 Å². The minimum absolute atomic E-state index is 0. The van der Waals surface area contributed by atoms with Crippen molar-refractivity contribution in [2.75, 3.05) is 43.9 Å². The van der Waals surface area contributed by atoms with E-state index in [4.69, 9.17) is 10.2 Å². The predicted molar refractivity (Wildman–Crippen MR) is 128 cm³/mol. The summed E-state index contributed by atoms with van der Waals surface area (Å²) in [6.07, 6.45) is 0. The molecule has 4 N–H and O–H groups in total. The van der Waals surface area contributed by atoms with E-state index in [1.165, 1.54) is 12.1 Å². The van der Waals surface area contributed by atoms with Gasteiger partial charge in [-0.2, -0.15) is 10.4 Å². The number of piperazine rings is 1. The van der Waals surface area contributed by atoms with E-state index in [0.29, 0.717) is 22.6 Å². The van der Waals surface area contributed by atoms with Crippen LogP contribution in [0.3, 0.4) is 0 Å². The predicted octanol–water partition coefficient (Wildman–Crippen LogP) is 3.51. The summed E-state index contributed by atoms with van der Waals surface area (Å²) in [5.74, 6) is 0.394. The highest BCUT2D eigenvalue weighted by atomic mass is 79.9. The number of rotatable bonds is 3. The second-order valence-electron chi connectivity index (χ2n) is 7.75. The minimum atomic E-state index is -0.708. The van der Waals surface area contributed by atoms with Crippen LogP contribution >= 0.6 is 17.0 Å². The number of H-pyrrole nitrogens is 1. The molecule has 0 spiro atoms. The first-order valence-corrected chi connectivity index (χ1v) is 10.1. The van der Waals surface area contributed by atoms with E-state index >= 15 is 0 Å². The largest absolute Gasteiger partial charge is 0.508 e. The van der Waals surface area contributed by atoms with Gasteiger partial charge in [0, 0.05) is 43.9 Å². The number of nitrogens with one attached hydrogen (secondary N) is 1. The molecule has 1 saturated heterocycles. The smallest absolute Gasteiger partial charge is 0.196 e. The van der Waals surface area contributed by atoms with Gasteiger partial charge in [-0.15, -0.1) is 17.0 Å². The Morgan fingerprint density at radius 1 is 1.21 bits per heavy atom. The van der Waals surface area contributed by atoms with Crippen molar-refractivity contribution in [3.8, 4) is 34.4 Å². The number of phenolic OH excluding ortho intramolecular Hbond substituents is 1. The lowest BCUT2D eigenvalue weighted by Crippen LogP contribution is -2.44. The summed E-state index contributed by atoms with van der Waals surface area (Å²) in [5, 5.41) is 26.9. The van der Waals surface area contributed by atoms with Crippen LogP contribution in [0, 0.1) is 17.1 Å². The van der Waals surface area contributed by atoms with Gasteiger partial charge in [0.15, 0.2) is 11.5 Å². The fraction of sp³-hybridized carbons (Fsp3) is 0.227. The van der Waals surface area contributed by atoms with Crippen LogP contribution in [0.25, 0.3) is 33.6 Å². The zero-order chi connectivity index (χ0) is 22.4. The number of anilines is 2. The number of nitrogen functional groups attached to an aromatic ring is 1. The molecule has 3 aromatic heterocycles. The number of aromatic hydroxyl groups is 1. The van der Waals surface area contributed by atoms with E-state index in [0.717, 1.165) is 32.2 Å². The molecule has 0 amide bonds. The zero-order valence-electron chi connectivity index (χ0n) is 17.7. The molecule has 0 radical (unpaired) electrons. The maximum Gasteiger partial charge on any atom is 0.196 e. The summed E-state index contributed by atoms with van der Waals surface area (Å²) in [7, 11) is 2.07. The number of nitrogens with two attached hydrogens (primary N) is 1. The standard InChI is InChI=1S/C22H20FN7O2.BrH/c1-29-6-8-30(9-7-29)17-5-4-16(32-17)18-14(11-24)20(13-3-2-12(31)10-15(13)23)26-22-19(18)21(25)27-28-22;/h2-5,10,31H,6-9H2,1H3,(H3,25,26,27,28);1H. The van der Waals surface area contributed by atoms with Crippen LogP contribution in [0.4, 0.5) is 16.1 Å². The number of fused-ring (bicyclic) bond motifs is 1. The average molecular weight is 514 g/mol. The van der Waals surface area contributed by atoms with Crippen LogP contribution in [-0.2, 0) is 0 Å². The van der Waals surface area contributed by atoms with Crippen LogP contribution in [0.15, 0.2) is 34.7 Å². The van der Waals surface area contributed by atoms with Gasteiger partial charge in [-0.05, 0) is 25.2 Å². The SMILES string of the molecule is Br.CN1CCN(c2ccc(-c3c(C#N)c(-c4ccc(O)cc4F)nc4n[nH]c(N)c34)o2)CC1. The number of phenols is 1. The van der Waals surface area contributed by atoms with Gasteiger partial charge in [-0.25, -0.2) is 9.37 Å². The van der Waals surface area contributed by atoms with Gasteiger partial charge in [0.25, 0.3) is 0 Å². The van der Waals surface area contributed by atoms with Crippen LogP contribution < -0.4 is 10.6 Å². The van der Waals surface area contributed by atoms with E-state index in [1.807, 2.05) is 6.07 Å². The van der Waals surface area contributed by atoms with E-state index in [2.05, 4.69) is 38.1 Å². The molecular formula is C22H21BrFN7O2. The van der Waals surface area contributed by atoms with E-state index in [1.54, 1.807) is 6.07 Å². The summed E-state index contributed by atoms with van der Waals surface area (Å²) in [6, 6.07) is 9.44. The monoisotopic (exact) mass is 513 g/mol. The molecule has 1 aliphatic heterocycles. The molecule has 0 unspecified atom stereocenters. The lowest BCUT2D eigenvalue weighted by atomic mass is 9.97. The van der Waals surface area contributed by atoms with Gasteiger partial charge in [-0.3, -0.25) is 5.10 Å². The molecule has 11 heteroatoms. The Balaban J connectivity index is 0.00000259. The number of halogens is 2. The molecule has 170 valence electrons. The highest BCUT2D eigenvalue weighted by Gasteiger charge is 2.26. The van der Waals surface area contributed by atoms with Crippen molar-refractivity contribution in [1.29, 1.82) is 5.26 Å². The van der Waals surface area contributed by atoms with Crippen LogP contribution in [-0.4, -0.2) is 58.4 Å². The number of benzene rings is 1. The number of likely N-dealkylation sites (N-methyl/N-ethyl adjacent to an activating group) is 1. The summed E-state index contributed by atoms with van der Waals surface area (Å²) < 4.78 is 20.8.